The van der Waals surface area contributed by atoms with Crippen LogP contribution in [0.1, 0.15) is 56.7 Å². The standard InChI is InChI=1S/C17H30N2O/c1-12(2)10-19(11-16-7-6-8-18-16)14(4)17-9-13(3)20-15(17)5/h9,12,14,16,18H,6-8,10-11H2,1-5H3. The monoisotopic (exact) mass is 278 g/mol. The molecule has 2 heterocycles. The first-order chi connectivity index (χ1) is 9.47. The minimum Gasteiger partial charge on any atom is -0.466 e. The lowest BCUT2D eigenvalue weighted by atomic mass is 10.0. The number of furan rings is 1. The van der Waals surface area contributed by atoms with Crippen molar-refractivity contribution >= 4 is 0 Å². The van der Waals surface area contributed by atoms with Crippen LogP contribution in [0.2, 0.25) is 0 Å². The first-order valence-corrected chi connectivity index (χ1v) is 8.01. The van der Waals surface area contributed by atoms with Crippen molar-refractivity contribution in [2.75, 3.05) is 19.6 Å². The second-order valence-corrected chi connectivity index (χ2v) is 6.69. The third-order valence-corrected chi connectivity index (χ3v) is 4.29. The molecule has 2 atom stereocenters. The summed E-state index contributed by atoms with van der Waals surface area (Å²) in [5.74, 6) is 2.78. The number of aryl methyl sites for hydroxylation is 2. The van der Waals surface area contributed by atoms with Gasteiger partial charge in [-0.15, -0.1) is 0 Å². The Balaban J connectivity index is 2.09. The van der Waals surface area contributed by atoms with Crippen molar-refractivity contribution < 1.29 is 4.42 Å². The maximum absolute atomic E-state index is 5.72. The molecule has 114 valence electrons. The summed E-state index contributed by atoms with van der Waals surface area (Å²) in [5.41, 5.74) is 1.35. The zero-order valence-electron chi connectivity index (χ0n) is 13.7. The van der Waals surface area contributed by atoms with Crippen LogP contribution >= 0.6 is 0 Å². The average molecular weight is 278 g/mol. The van der Waals surface area contributed by atoms with Crippen molar-refractivity contribution in [2.24, 2.45) is 5.92 Å². The van der Waals surface area contributed by atoms with Crippen LogP contribution in [-0.4, -0.2) is 30.6 Å². The van der Waals surface area contributed by atoms with Crippen molar-refractivity contribution in [3.8, 4) is 0 Å². The molecule has 0 spiro atoms. The van der Waals surface area contributed by atoms with Crippen LogP contribution in [0.15, 0.2) is 10.5 Å². The van der Waals surface area contributed by atoms with Gasteiger partial charge in [-0.2, -0.15) is 0 Å². The molecule has 1 fully saturated rings. The van der Waals surface area contributed by atoms with E-state index < -0.39 is 0 Å². The molecule has 0 saturated carbocycles. The Morgan fingerprint density at radius 1 is 1.35 bits per heavy atom. The number of rotatable bonds is 6. The van der Waals surface area contributed by atoms with Gasteiger partial charge in [0.2, 0.25) is 0 Å². The molecule has 0 radical (unpaired) electrons. The van der Waals surface area contributed by atoms with Gasteiger partial charge in [0.05, 0.1) is 0 Å². The molecule has 1 aliphatic heterocycles. The van der Waals surface area contributed by atoms with Gasteiger partial charge in [-0.05, 0) is 52.1 Å². The highest BCUT2D eigenvalue weighted by molar-refractivity contribution is 5.23. The molecular formula is C17H30N2O. The Bertz CT molecular complexity index is 419. The van der Waals surface area contributed by atoms with Gasteiger partial charge in [0.25, 0.3) is 0 Å². The molecule has 0 aliphatic carbocycles. The van der Waals surface area contributed by atoms with Crippen LogP contribution in [-0.2, 0) is 0 Å². The fourth-order valence-corrected chi connectivity index (χ4v) is 3.32. The van der Waals surface area contributed by atoms with E-state index in [0.717, 1.165) is 24.6 Å². The van der Waals surface area contributed by atoms with Crippen LogP contribution in [0.3, 0.4) is 0 Å². The molecule has 1 aromatic rings. The molecule has 3 nitrogen and oxygen atoms in total. The van der Waals surface area contributed by atoms with Gasteiger partial charge < -0.3 is 9.73 Å². The summed E-state index contributed by atoms with van der Waals surface area (Å²) >= 11 is 0. The zero-order valence-corrected chi connectivity index (χ0v) is 13.7. The maximum atomic E-state index is 5.72. The first kappa shape index (κ1) is 15.6. The van der Waals surface area contributed by atoms with Gasteiger partial charge in [0.1, 0.15) is 11.5 Å². The molecule has 2 unspecified atom stereocenters. The van der Waals surface area contributed by atoms with E-state index in [9.17, 15) is 0 Å². The lowest BCUT2D eigenvalue weighted by Crippen LogP contribution is -2.40. The summed E-state index contributed by atoms with van der Waals surface area (Å²) in [6.07, 6.45) is 2.63. The van der Waals surface area contributed by atoms with Crippen molar-refractivity contribution in [3.05, 3.63) is 23.2 Å². The Morgan fingerprint density at radius 2 is 2.10 bits per heavy atom. The Labute approximate surface area is 123 Å². The van der Waals surface area contributed by atoms with E-state index in [1.165, 1.54) is 24.9 Å². The molecule has 0 amide bonds. The van der Waals surface area contributed by atoms with Crippen LogP contribution in [0.5, 0.6) is 0 Å². The summed E-state index contributed by atoms with van der Waals surface area (Å²) in [4.78, 5) is 2.62. The molecule has 1 saturated heterocycles. The quantitative estimate of drug-likeness (QED) is 0.860. The van der Waals surface area contributed by atoms with Crippen LogP contribution in [0.25, 0.3) is 0 Å². The molecule has 20 heavy (non-hydrogen) atoms. The fraction of sp³-hybridized carbons (Fsp3) is 0.765. The van der Waals surface area contributed by atoms with Gasteiger partial charge in [0.15, 0.2) is 0 Å². The topological polar surface area (TPSA) is 28.4 Å². The highest BCUT2D eigenvalue weighted by Crippen LogP contribution is 2.27. The van der Waals surface area contributed by atoms with Gasteiger partial charge in [0, 0.05) is 30.7 Å². The van der Waals surface area contributed by atoms with E-state index in [4.69, 9.17) is 4.42 Å². The second-order valence-electron chi connectivity index (χ2n) is 6.69. The number of nitrogens with zero attached hydrogens (tertiary/aromatic N) is 1. The van der Waals surface area contributed by atoms with E-state index in [2.05, 4.69) is 44.0 Å². The zero-order chi connectivity index (χ0) is 14.7. The lowest BCUT2D eigenvalue weighted by molar-refractivity contribution is 0.170. The second kappa shape index (κ2) is 6.77. The number of nitrogens with one attached hydrogen (secondary N) is 1. The molecule has 3 heteroatoms. The van der Waals surface area contributed by atoms with E-state index >= 15 is 0 Å². The molecule has 0 aromatic carbocycles. The fourth-order valence-electron chi connectivity index (χ4n) is 3.32. The van der Waals surface area contributed by atoms with Crippen LogP contribution in [0, 0.1) is 19.8 Å². The smallest absolute Gasteiger partial charge is 0.105 e. The van der Waals surface area contributed by atoms with Crippen LogP contribution < -0.4 is 5.32 Å². The summed E-state index contributed by atoms with van der Waals surface area (Å²) in [5, 5.41) is 3.62. The predicted molar refractivity (Wildman–Crippen MR) is 84.0 cm³/mol. The first-order valence-electron chi connectivity index (χ1n) is 8.01. The Morgan fingerprint density at radius 3 is 2.60 bits per heavy atom. The molecule has 0 bridgehead atoms. The normalized spacial score (nSPS) is 21.1. The summed E-state index contributed by atoms with van der Waals surface area (Å²) in [6, 6.07) is 3.29. The summed E-state index contributed by atoms with van der Waals surface area (Å²) in [7, 11) is 0. The molecule has 2 rings (SSSR count). The van der Waals surface area contributed by atoms with Crippen molar-refractivity contribution in [1.82, 2.24) is 10.2 Å². The largest absolute Gasteiger partial charge is 0.466 e. The average Bonchev–Trinajstić information content (AvgIpc) is 2.96. The molecule has 1 N–H and O–H groups in total. The van der Waals surface area contributed by atoms with Gasteiger partial charge in [-0.1, -0.05) is 13.8 Å². The Kier molecular flexibility index (Phi) is 5.28. The molecule has 1 aromatic heterocycles. The van der Waals surface area contributed by atoms with Crippen molar-refractivity contribution in [1.29, 1.82) is 0 Å². The van der Waals surface area contributed by atoms with Crippen molar-refractivity contribution in [2.45, 2.75) is 59.5 Å². The van der Waals surface area contributed by atoms with Gasteiger partial charge in [-0.3, -0.25) is 4.90 Å². The summed E-state index contributed by atoms with van der Waals surface area (Å²) < 4.78 is 5.72. The lowest BCUT2D eigenvalue weighted by Gasteiger charge is -2.32. The van der Waals surface area contributed by atoms with E-state index in [0.29, 0.717) is 18.0 Å². The number of hydrogen-bond donors (Lipinski definition) is 1. The van der Waals surface area contributed by atoms with E-state index in [1.807, 2.05) is 6.92 Å². The third-order valence-electron chi connectivity index (χ3n) is 4.29. The highest BCUT2D eigenvalue weighted by Gasteiger charge is 2.25. The third kappa shape index (κ3) is 3.86. The van der Waals surface area contributed by atoms with Gasteiger partial charge >= 0.3 is 0 Å². The Hall–Kier alpha value is -0.800. The SMILES string of the molecule is Cc1cc(C(C)N(CC(C)C)CC2CCCN2)c(C)o1. The minimum absolute atomic E-state index is 0.428. The van der Waals surface area contributed by atoms with Crippen molar-refractivity contribution in [3.63, 3.8) is 0 Å². The molecule has 1 aliphatic rings. The van der Waals surface area contributed by atoms with E-state index in [-0.39, 0.29) is 0 Å². The highest BCUT2D eigenvalue weighted by atomic mass is 16.3. The van der Waals surface area contributed by atoms with Crippen LogP contribution in [0.4, 0.5) is 0 Å². The van der Waals surface area contributed by atoms with E-state index in [1.54, 1.807) is 0 Å². The van der Waals surface area contributed by atoms with Gasteiger partial charge in [-0.25, -0.2) is 0 Å². The maximum Gasteiger partial charge on any atom is 0.105 e. The number of hydrogen-bond acceptors (Lipinski definition) is 3. The predicted octanol–water partition coefficient (Wildman–Crippen LogP) is 3.67. The minimum atomic E-state index is 0.428. The summed E-state index contributed by atoms with van der Waals surface area (Å²) in [6.45, 7) is 14.5. The molecular weight excluding hydrogens is 248 g/mol.